The van der Waals surface area contributed by atoms with E-state index in [9.17, 15) is 4.79 Å². The van der Waals surface area contributed by atoms with Gasteiger partial charge in [0.2, 0.25) is 0 Å². The molecule has 0 saturated carbocycles. The van der Waals surface area contributed by atoms with Crippen LogP contribution >= 0.6 is 11.6 Å². The number of aromatic amines is 1. The molecule has 0 radical (unpaired) electrons. The van der Waals surface area contributed by atoms with Gasteiger partial charge in [-0.2, -0.15) is 5.10 Å². The molecule has 1 heterocycles. The van der Waals surface area contributed by atoms with Crippen molar-refractivity contribution in [2.24, 2.45) is 0 Å². The Morgan fingerprint density at radius 3 is 3.22 bits per heavy atom. The van der Waals surface area contributed by atoms with E-state index in [1.165, 1.54) is 11.3 Å². The Morgan fingerprint density at radius 1 is 1.52 bits per heavy atom. The van der Waals surface area contributed by atoms with Gasteiger partial charge in [0.25, 0.3) is 0 Å². The monoisotopic (exact) mass is 334 g/mol. The van der Waals surface area contributed by atoms with Crippen molar-refractivity contribution in [1.82, 2.24) is 15.5 Å². The molecule has 1 aromatic heterocycles. The van der Waals surface area contributed by atoms with Gasteiger partial charge in [0.1, 0.15) is 0 Å². The maximum atomic E-state index is 12.3. The van der Waals surface area contributed by atoms with Crippen molar-refractivity contribution in [3.8, 4) is 0 Å². The van der Waals surface area contributed by atoms with Crippen LogP contribution in [0.1, 0.15) is 23.2 Å². The van der Waals surface area contributed by atoms with E-state index in [4.69, 9.17) is 16.3 Å². The third-order valence-corrected chi connectivity index (χ3v) is 4.36. The van der Waals surface area contributed by atoms with Crippen LogP contribution in [0.2, 0.25) is 5.02 Å². The first-order valence-electron chi connectivity index (χ1n) is 7.52. The zero-order valence-electron chi connectivity index (χ0n) is 12.9. The molecular formula is C16H19ClN4O2. The summed E-state index contributed by atoms with van der Waals surface area (Å²) in [5, 5.41) is 13.5. The van der Waals surface area contributed by atoms with Crippen molar-refractivity contribution in [2.75, 3.05) is 12.4 Å². The SMILES string of the molecule is COCc1c(Cl)cccc1NC(=O)NC1CCc2[nH]ncc2C1. The third kappa shape index (κ3) is 3.65. The number of hydrogen-bond donors (Lipinski definition) is 3. The van der Waals surface area contributed by atoms with E-state index in [-0.39, 0.29) is 12.1 Å². The van der Waals surface area contributed by atoms with Crippen molar-refractivity contribution in [3.05, 3.63) is 46.2 Å². The van der Waals surface area contributed by atoms with Crippen molar-refractivity contribution in [3.63, 3.8) is 0 Å². The third-order valence-electron chi connectivity index (χ3n) is 4.01. The highest BCUT2D eigenvalue weighted by Gasteiger charge is 2.21. The van der Waals surface area contributed by atoms with Crippen LogP contribution in [0.3, 0.4) is 0 Å². The summed E-state index contributed by atoms with van der Waals surface area (Å²) in [5.74, 6) is 0. The normalized spacial score (nSPS) is 16.7. The summed E-state index contributed by atoms with van der Waals surface area (Å²) in [4.78, 5) is 12.3. The number of nitrogens with one attached hydrogen (secondary N) is 3. The minimum Gasteiger partial charge on any atom is -0.380 e. The van der Waals surface area contributed by atoms with Crippen LogP contribution in [0.5, 0.6) is 0 Å². The maximum Gasteiger partial charge on any atom is 0.319 e. The van der Waals surface area contributed by atoms with E-state index in [0.29, 0.717) is 17.3 Å². The van der Waals surface area contributed by atoms with Crippen LogP contribution in [0.15, 0.2) is 24.4 Å². The summed E-state index contributed by atoms with van der Waals surface area (Å²) in [7, 11) is 1.59. The number of aryl methyl sites for hydroxylation is 1. The molecule has 0 fully saturated rings. The number of aromatic nitrogens is 2. The second-order valence-corrected chi connectivity index (χ2v) is 6.02. The van der Waals surface area contributed by atoms with Crippen LogP contribution in [0.25, 0.3) is 0 Å². The molecule has 23 heavy (non-hydrogen) atoms. The smallest absolute Gasteiger partial charge is 0.319 e. The minimum absolute atomic E-state index is 0.102. The molecule has 1 aromatic carbocycles. The molecule has 1 atom stereocenters. The van der Waals surface area contributed by atoms with Gasteiger partial charge in [-0.1, -0.05) is 17.7 Å². The van der Waals surface area contributed by atoms with E-state index >= 15 is 0 Å². The molecule has 6 nitrogen and oxygen atoms in total. The second-order valence-electron chi connectivity index (χ2n) is 5.61. The van der Waals surface area contributed by atoms with Crippen LogP contribution < -0.4 is 10.6 Å². The van der Waals surface area contributed by atoms with Gasteiger partial charge >= 0.3 is 6.03 Å². The molecule has 0 spiro atoms. The lowest BCUT2D eigenvalue weighted by Crippen LogP contribution is -2.41. The Labute approximate surface area is 139 Å². The Balaban J connectivity index is 1.63. The van der Waals surface area contributed by atoms with E-state index in [1.807, 2.05) is 12.3 Å². The van der Waals surface area contributed by atoms with Crippen molar-refractivity contribution < 1.29 is 9.53 Å². The first-order valence-corrected chi connectivity index (χ1v) is 7.90. The summed E-state index contributed by atoms with van der Waals surface area (Å²) >= 11 is 6.17. The minimum atomic E-state index is -0.235. The molecule has 122 valence electrons. The summed E-state index contributed by atoms with van der Waals surface area (Å²) in [5.41, 5.74) is 3.77. The summed E-state index contributed by atoms with van der Waals surface area (Å²) in [6.07, 6.45) is 4.41. The number of amides is 2. The van der Waals surface area contributed by atoms with Gasteiger partial charge in [-0.25, -0.2) is 4.79 Å². The average molecular weight is 335 g/mol. The second kappa shape index (κ2) is 7.02. The number of ether oxygens (including phenoxy) is 1. The highest BCUT2D eigenvalue weighted by molar-refractivity contribution is 6.31. The predicted octanol–water partition coefficient (Wildman–Crippen LogP) is 2.89. The Hall–Kier alpha value is -2.05. The van der Waals surface area contributed by atoms with Crippen molar-refractivity contribution in [2.45, 2.75) is 31.9 Å². The lowest BCUT2D eigenvalue weighted by atomic mass is 9.94. The average Bonchev–Trinajstić information content (AvgIpc) is 2.98. The van der Waals surface area contributed by atoms with E-state index in [1.54, 1.807) is 19.2 Å². The lowest BCUT2D eigenvalue weighted by molar-refractivity contribution is 0.185. The quantitative estimate of drug-likeness (QED) is 0.804. The molecule has 3 N–H and O–H groups in total. The van der Waals surface area contributed by atoms with Gasteiger partial charge in [0.05, 0.1) is 12.8 Å². The molecule has 0 bridgehead atoms. The standard InChI is InChI=1S/C16H19ClN4O2/c1-23-9-12-13(17)3-2-4-15(12)20-16(22)19-11-5-6-14-10(7-11)8-18-21-14/h2-4,8,11H,5-7,9H2,1H3,(H,18,21)(H2,19,20,22). The maximum absolute atomic E-state index is 12.3. The van der Waals surface area contributed by atoms with Gasteiger partial charge in [0, 0.05) is 35.1 Å². The summed E-state index contributed by atoms with van der Waals surface area (Å²) < 4.78 is 5.14. The first-order chi connectivity index (χ1) is 11.2. The summed E-state index contributed by atoms with van der Waals surface area (Å²) in [6, 6.07) is 5.26. The first kappa shape index (κ1) is 15.8. The van der Waals surface area contributed by atoms with E-state index < -0.39 is 0 Å². The van der Waals surface area contributed by atoms with Gasteiger partial charge in [-0.3, -0.25) is 5.10 Å². The number of benzene rings is 1. The van der Waals surface area contributed by atoms with E-state index in [2.05, 4.69) is 20.8 Å². The van der Waals surface area contributed by atoms with Gasteiger partial charge < -0.3 is 15.4 Å². The molecule has 2 aromatic rings. The fourth-order valence-corrected chi connectivity index (χ4v) is 3.08. The Morgan fingerprint density at radius 2 is 2.39 bits per heavy atom. The fourth-order valence-electron chi connectivity index (χ4n) is 2.85. The lowest BCUT2D eigenvalue weighted by Gasteiger charge is -2.23. The van der Waals surface area contributed by atoms with Crippen LogP contribution in [0, 0.1) is 0 Å². The van der Waals surface area contributed by atoms with Gasteiger partial charge in [-0.15, -0.1) is 0 Å². The van der Waals surface area contributed by atoms with Crippen LogP contribution in [-0.2, 0) is 24.2 Å². The molecule has 7 heteroatoms. The predicted molar refractivity (Wildman–Crippen MR) is 88.7 cm³/mol. The van der Waals surface area contributed by atoms with Crippen LogP contribution in [0.4, 0.5) is 10.5 Å². The van der Waals surface area contributed by atoms with Gasteiger partial charge in [-0.05, 0) is 37.0 Å². The van der Waals surface area contributed by atoms with Gasteiger partial charge in [0.15, 0.2) is 0 Å². The van der Waals surface area contributed by atoms with Crippen molar-refractivity contribution in [1.29, 1.82) is 0 Å². The number of urea groups is 1. The van der Waals surface area contributed by atoms with E-state index in [0.717, 1.165) is 24.8 Å². The molecule has 0 aliphatic heterocycles. The largest absolute Gasteiger partial charge is 0.380 e. The number of rotatable bonds is 4. The topological polar surface area (TPSA) is 79.0 Å². The highest BCUT2D eigenvalue weighted by Crippen LogP contribution is 2.25. The molecule has 0 saturated heterocycles. The number of hydrogen-bond acceptors (Lipinski definition) is 3. The number of nitrogens with zero attached hydrogens (tertiary/aromatic N) is 1. The number of H-pyrrole nitrogens is 1. The molecule has 1 unspecified atom stereocenters. The number of carbonyl (C=O) groups excluding carboxylic acids is 1. The molecule has 1 aliphatic rings. The fraction of sp³-hybridized carbons (Fsp3) is 0.375. The number of methoxy groups -OCH3 is 1. The Bertz CT molecular complexity index is 701. The number of fused-ring (bicyclic) bond motifs is 1. The number of anilines is 1. The Kier molecular flexibility index (Phi) is 4.83. The number of carbonyl (C=O) groups is 1. The molecule has 3 rings (SSSR count). The number of halogens is 1. The van der Waals surface area contributed by atoms with Crippen molar-refractivity contribution >= 4 is 23.3 Å². The zero-order chi connectivity index (χ0) is 16.2. The zero-order valence-corrected chi connectivity index (χ0v) is 13.6. The molecule has 2 amide bonds. The highest BCUT2D eigenvalue weighted by atomic mass is 35.5. The van der Waals surface area contributed by atoms with Crippen LogP contribution in [-0.4, -0.2) is 29.4 Å². The molecule has 1 aliphatic carbocycles. The summed E-state index contributed by atoms with van der Waals surface area (Å²) in [6.45, 7) is 0.344. The molecular weight excluding hydrogens is 316 g/mol.